The van der Waals surface area contributed by atoms with Crippen LogP contribution in [0, 0.1) is 5.82 Å². The Kier molecular flexibility index (Phi) is 7.39. The minimum absolute atomic E-state index is 0.0220. The Labute approximate surface area is 124 Å². The Hall–Kier alpha value is -1.95. The third-order valence-corrected chi connectivity index (χ3v) is 2.93. The molecule has 2 amide bonds. The van der Waals surface area contributed by atoms with Gasteiger partial charge in [-0.05, 0) is 12.5 Å². The Morgan fingerprint density at radius 2 is 1.90 bits per heavy atom. The lowest BCUT2D eigenvalue weighted by atomic mass is 10.2. The standard InChI is InChI=1S/C15H22FN3O2/c1-3-8-17-14(20)9-18-15(21)11-19(2)10-12-6-4-5-7-13(12)16/h4-7H,3,8-11H2,1-2H3,(H,17,20)(H,18,21)/p+1. The predicted molar refractivity (Wildman–Crippen MR) is 78.2 cm³/mol. The van der Waals surface area contributed by atoms with E-state index in [1.807, 2.05) is 14.0 Å². The second kappa shape index (κ2) is 9.07. The molecule has 0 aliphatic heterocycles. The predicted octanol–water partition coefficient (Wildman–Crippen LogP) is -0.517. The molecule has 0 heterocycles. The number of nitrogens with one attached hydrogen (secondary N) is 3. The molecule has 0 aliphatic rings. The highest BCUT2D eigenvalue weighted by Gasteiger charge is 2.13. The summed E-state index contributed by atoms with van der Waals surface area (Å²) in [5.74, 6) is -0.691. The van der Waals surface area contributed by atoms with Gasteiger partial charge in [-0.2, -0.15) is 0 Å². The van der Waals surface area contributed by atoms with Crippen molar-refractivity contribution in [2.75, 3.05) is 26.7 Å². The van der Waals surface area contributed by atoms with Crippen molar-refractivity contribution in [2.24, 2.45) is 0 Å². The van der Waals surface area contributed by atoms with Crippen LogP contribution in [0.4, 0.5) is 4.39 Å². The number of rotatable bonds is 8. The number of likely N-dealkylation sites (N-methyl/N-ethyl adjacent to an activating group) is 1. The Morgan fingerprint density at radius 3 is 2.57 bits per heavy atom. The summed E-state index contributed by atoms with van der Waals surface area (Å²) in [5, 5.41) is 5.24. The summed E-state index contributed by atoms with van der Waals surface area (Å²) in [4.78, 5) is 23.9. The van der Waals surface area contributed by atoms with Crippen LogP contribution in [-0.4, -0.2) is 38.5 Å². The first kappa shape index (κ1) is 17.1. The van der Waals surface area contributed by atoms with Gasteiger partial charge in [0.1, 0.15) is 12.4 Å². The van der Waals surface area contributed by atoms with Crippen molar-refractivity contribution in [1.82, 2.24) is 10.6 Å². The number of benzene rings is 1. The largest absolute Gasteiger partial charge is 0.355 e. The van der Waals surface area contributed by atoms with Crippen LogP contribution >= 0.6 is 0 Å². The molecule has 0 fully saturated rings. The second-order valence-electron chi connectivity index (χ2n) is 5.03. The Balaban J connectivity index is 2.31. The lowest BCUT2D eigenvalue weighted by Crippen LogP contribution is -3.09. The first-order valence-electron chi connectivity index (χ1n) is 7.11. The molecular formula is C15H23FN3O2+. The van der Waals surface area contributed by atoms with E-state index in [2.05, 4.69) is 10.6 Å². The summed E-state index contributed by atoms with van der Waals surface area (Å²) in [6.07, 6.45) is 0.856. The number of quaternary nitrogens is 1. The van der Waals surface area contributed by atoms with Gasteiger partial charge >= 0.3 is 0 Å². The summed E-state index contributed by atoms with van der Waals surface area (Å²) in [6, 6.07) is 6.51. The van der Waals surface area contributed by atoms with E-state index < -0.39 is 0 Å². The molecule has 6 heteroatoms. The monoisotopic (exact) mass is 296 g/mol. The molecule has 0 aromatic heterocycles. The smallest absolute Gasteiger partial charge is 0.275 e. The zero-order chi connectivity index (χ0) is 15.7. The minimum atomic E-state index is -0.267. The second-order valence-corrected chi connectivity index (χ2v) is 5.03. The maximum atomic E-state index is 13.5. The van der Waals surface area contributed by atoms with Crippen LogP contribution in [0.25, 0.3) is 0 Å². The molecule has 1 atom stereocenters. The average molecular weight is 296 g/mol. The molecule has 1 aromatic carbocycles. The molecule has 1 unspecified atom stereocenters. The molecule has 0 saturated carbocycles. The van der Waals surface area contributed by atoms with E-state index in [-0.39, 0.29) is 30.7 Å². The quantitative estimate of drug-likeness (QED) is 0.605. The fraction of sp³-hybridized carbons (Fsp3) is 0.467. The summed E-state index contributed by atoms with van der Waals surface area (Å²) < 4.78 is 13.5. The summed E-state index contributed by atoms with van der Waals surface area (Å²) in [5.41, 5.74) is 0.573. The van der Waals surface area contributed by atoms with Crippen LogP contribution in [0.5, 0.6) is 0 Å². The summed E-state index contributed by atoms with van der Waals surface area (Å²) in [7, 11) is 1.81. The van der Waals surface area contributed by atoms with Gasteiger partial charge in [0.25, 0.3) is 5.91 Å². The van der Waals surface area contributed by atoms with Crippen LogP contribution in [0.15, 0.2) is 24.3 Å². The maximum Gasteiger partial charge on any atom is 0.275 e. The number of amides is 2. The topological polar surface area (TPSA) is 62.6 Å². The van der Waals surface area contributed by atoms with Crippen molar-refractivity contribution >= 4 is 11.8 Å². The fourth-order valence-electron chi connectivity index (χ4n) is 1.87. The molecule has 5 nitrogen and oxygen atoms in total. The molecule has 1 rings (SSSR count). The first-order valence-corrected chi connectivity index (χ1v) is 7.11. The lowest BCUT2D eigenvalue weighted by molar-refractivity contribution is -0.885. The molecule has 0 saturated heterocycles. The van der Waals surface area contributed by atoms with Crippen molar-refractivity contribution < 1.29 is 18.9 Å². The van der Waals surface area contributed by atoms with E-state index in [9.17, 15) is 14.0 Å². The third kappa shape index (κ3) is 6.85. The number of halogens is 1. The molecule has 0 spiro atoms. The zero-order valence-corrected chi connectivity index (χ0v) is 12.5. The lowest BCUT2D eigenvalue weighted by Gasteiger charge is -2.14. The van der Waals surface area contributed by atoms with Crippen LogP contribution < -0.4 is 15.5 Å². The van der Waals surface area contributed by atoms with Gasteiger partial charge in [-0.1, -0.05) is 25.1 Å². The minimum Gasteiger partial charge on any atom is -0.355 e. The number of hydrogen-bond acceptors (Lipinski definition) is 2. The number of carbonyl (C=O) groups excluding carboxylic acids is 2. The first-order chi connectivity index (χ1) is 10.0. The molecule has 116 valence electrons. The van der Waals surface area contributed by atoms with E-state index in [4.69, 9.17) is 0 Å². The Bertz CT molecular complexity index is 480. The average Bonchev–Trinajstić information content (AvgIpc) is 2.45. The molecule has 21 heavy (non-hydrogen) atoms. The fourth-order valence-corrected chi connectivity index (χ4v) is 1.87. The van der Waals surface area contributed by atoms with Gasteiger partial charge in [-0.25, -0.2) is 4.39 Å². The highest BCUT2D eigenvalue weighted by atomic mass is 19.1. The SMILES string of the molecule is CCCNC(=O)CNC(=O)C[NH+](C)Cc1ccccc1F. The molecule has 3 N–H and O–H groups in total. The molecule has 0 aliphatic carbocycles. The normalized spacial score (nSPS) is 11.8. The summed E-state index contributed by atoms with van der Waals surface area (Å²) >= 11 is 0. The van der Waals surface area contributed by atoms with E-state index >= 15 is 0 Å². The van der Waals surface area contributed by atoms with Crippen LogP contribution in [0.1, 0.15) is 18.9 Å². The van der Waals surface area contributed by atoms with Gasteiger partial charge < -0.3 is 15.5 Å². The van der Waals surface area contributed by atoms with E-state index in [0.717, 1.165) is 11.3 Å². The van der Waals surface area contributed by atoms with Gasteiger partial charge in [-0.15, -0.1) is 0 Å². The summed E-state index contributed by atoms with van der Waals surface area (Å²) in [6.45, 7) is 3.15. The van der Waals surface area contributed by atoms with Gasteiger partial charge in [0.15, 0.2) is 6.54 Å². The van der Waals surface area contributed by atoms with Gasteiger partial charge in [0.05, 0.1) is 13.6 Å². The number of carbonyl (C=O) groups is 2. The van der Waals surface area contributed by atoms with Crippen LogP contribution in [0.2, 0.25) is 0 Å². The van der Waals surface area contributed by atoms with Crippen molar-refractivity contribution in [1.29, 1.82) is 0 Å². The van der Waals surface area contributed by atoms with Gasteiger partial charge in [0, 0.05) is 12.1 Å². The van der Waals surface area contributed by atoms with Gasteiger partial charge in [0.2, 0.25) is 5.91 Å². The van der Waals surface area contributed by atoms with E-state index in [0.29, 0.717) is 18.7 Å². The maximum absolute atomic E-state index is 13.5. The molecule has 0 radical (unpaired) electrons. The number of hydrogen-bond donors (Lipinski definition) is 3. The van der Waals surface area contributed by atoms with Crippen molar-refractivity contribution in [2.45, 2.75) is 19.9 Å². The molecular weight excluding hydrogens is 273 g/mol. The zero-order valence-electron chi connectivity index (χ0n) is 12.5. The van der Waals surface area contributed by atoms with Crippen molar-refractivity contribution in [3.05, 3.63) is 35.6 Å². The van der Waals surface area contributed by atoms with Crippen molar-refractivity contribution in [3.8, 4) is 0 Å². The van der Waals surface area contributed by atoms with Crippen LogP contribution in [-0.2, 0) is 16.1 Å². The van der Waals surface area contributed by atoms with Gasteiger partial charge in [-0.3, -0.25) is 9.59 Å². The molecule has 0 bridgehead atoms. The highest BCUT2D eigenvalue weighted by molar-refractivity contribution is 5.84. The highest BCUT2D eigenvalue weighted by Crippen LogP contribution is 2.03. The molecule has 1 aromatic rings. The third-order valence-electron chi connectivity index (χ3n) is 2.93. The Morgan fingerprint density at radius 1 is 1.19 bits per heavy atom. The van der Waals surface area contributed by atoms with E-state index in [1.54, 1.807) is 18.2 Å². The van der Waals surface area contributed by atoms with Crippen molar-refractivity contribution in [3.63, 3.8) is 0 Å². The van der Waals surface area contributed by atoms with E-state index in [1.165, 1.54) is 6.07 Å². The van der Waals surface area contributed by atoms with Crippen LogP contribution in [0.3, 0.4) is 0 Å².